The minimum Gasteiger partial charge on any atom is -0.496 e. The number of para-hydroxylation sites is 1. The topological polar surface area (TPSA) is 161 Å². The average molecular weight is 1770 g/mol. The molecule has 17 nitrogen and oxygen atoms in total. The van der Waals surface area contributed by atoms with Crippen molar-refractivity contribution < 1.29 is 80.2 Å². The summed E-state index contributed by atoms with van der Waals surface area (Å²) in [6.07, 6.45) is -1.28. The van der Waals surface area contributed by atoms with E-state index < -0.39 is 31.5 Å². The number of hydrogen-bond donors (Lipinski definition) is 0. The molecular weight excluding hydrogens is 1650 g/mol. The fourth-order valence-electron chi connectivity index (χ4n) is 13.8. The fraction of sp³-hybridized carbons (Fsp3) is 0.200. The highest BCUT2D eigenvalue weighted by Crippen LogP contribution is 2.42. The minimum atomic E-state index is -0.660. The van der Waals surface area contributed by atoms with E-state index in [1.54, 1.807) is 20.5 Å². The lowest BCUT2D eigenvalue weighted by molar-refractivity contribution is 0.000109. The number of ether oxygens (including phenoxy) is 16. The molecule has 2 aliphatic rings. The first-order valence-electron chi connectivity index (χ1n) is 44.0. The minimum absolute atomic E-state index is 0.506. The Bertz CT molecular complexity index is 6010. The van der Waals surface area contributed by atoms with E-state index in [-0.39, 0.29) is 0 Å². The van der Waals surface area contributed by atoms with Gasteiger partial charge in [-0.25, -0.2) is 0 Å². The monoisotopic (exact) mass is 1760 g/mol. The first kappa shape index (κ1) is 93.0. The molecule has 0 bridgehead atoms. The van der Waals surface area contributed by atoms with Gasteiger partial charge in [0.2, 0.25) is 0 Å². The second kappa shape index (κ2) is 46.2. The van der Waals surface area contributed by atoms with Crippen molar-refractivity contribution in [3.05, 3.63) is 447 Å². The molecule has 0 amide bonds. The number of methoxy groups -OCH3 is 2. The van der Waals surface area contributed by atoms with Crippen LogP contribution in [0.1, 0.15) is 126 Å². The van der Waals surface area contributed by atoms with Crippen molar-refractivity contribution in [1.82, 2.24) is 0 Å². The van der Waals surface area contributed by atoms with Crippen LogP contribution in [0.2, 0.25) is 0 Å². The van der Waals surface area contributed by atoms with Crippen molar-refractivity contribution in [3.8, 4) is 86.2 Å². The van der Waals surface area contributed by atoms with Crippen molar-refractivity contribution in [3.63, 3.8) is 0 Å². The quantitative estimate of drug-likeness (QED) is 0.0426. The largest absolute Gasteiger partial charge is 0.496 e. The highest BCUT2D eigenvalue weighted by molar-refractivity contribution is 5.78. The van der Waals surface area contributed by atoms with Crippen LogP contribution in [-0.4, -0.2) is 40.6 Å². The summed E-state index contributed by atoms with van der Waals surface area (Å²) in [6, 6.07) is 113. The van der Waals surface area contributed by atoms with E-state index in [0.29, 0.717) is 50.3 Å². The second-order valence-corrected chi connectivity index (χ2v) is 32.4. The zero-order valence-corrected chi connectivity index (χ0v) is 76.8. The molecule has 0 saturated heterocycles. The van der Waals surface area contributed by atoms with Gasteiger partial charge in [-0.3, -0.25) is 0 Å². The Hall–Kier alpha value is -15.2. The summed E-state index contributed by atoms with van der Waals surface area (Å²) in [6.45, 7) is 25.3. The lowest BCUT2D eigenvalue weighted by Crippen LogP contribution is -2.21. The van der Waals surface area contributed by atoms with Gasteiger partial charge in [0, 0.05) is 29.2 Å². The van der Waals surface area contributed by atoms with E-state index in [1.165, 1.54) is 55.6 Å². The van der Waals surface area contributed by atoms with Gasteiger partial charge in [0.1, 0.15) is 95.3 Å². The zero-order valence-electron chi connectivity index (χ0n) is 76.8. The Morgan fingerprint density at radius 1 is 0.242 bits per heavy atom. The summed E-state index contributed by atoms with van der Waals surface area (Å²) >= 11 is 0. The molecule has 2 aliphatic heterocycles. The number of hydrogen-bond acceptors (Lipinski definition) is 17. The lowest BCUT2D eigenvalue weighted by atomic mass is 10.1. The van der Waals surface area contributed by atoms with Gasteiger partial charge >= 0.3 is 0 Å². The molecule has 674 valence electrons. The first-order valence-corrected chi connectivity index (χ1v) is 44.0. The maximum atomic E-state index is 6.20. The molecule has 1 aromatic heterocycles. The maximum Gasteiger partial charge on any atom is 0.271 e. The Morgan fingerprint density at radius 3 is 0.909 bits per heavy atom. The summed E-state index contributed by atoms with van der Waals surface area (Å²) in [5.74, 6) is 11.1. The van der Waals surface area contributed by atoms with E-state index in [9.17, 15) is 0 Å². The van der Waals surface area contributed by atoms with Gasteiger partial charge in [-0.2, -0.15) is 0 Å². The molecule has 15 aromatic carbocycles. The van der Waals surface area contributed by atoms with Gasteiger partial charge < -0.3 is 80.2 Å². The number of benzene rings is 15. The van der Waals surface area contributed by atoms with Crippen LogP contribution in [0.3, 0.4) is 0 Å². The molecule has 0 unspecified atom stereocenters. The molecule has 16 aromatic rings. The summed E-state index contributed by atoms with van der Waals surface area (Å²) in [5, 5.41) is 1.02. The third kappa shape index (κ3) is 27.4. The molecule has 0 N–H and O–H groups in total. The second-order valence-electron chi connectivity index (χ2n) is 32.4. The van der Waals surface area contributed by atoms with E-state index in [4.69, 9.17) is 80.2 Å². The summed E-state index contributed by atoms with van der Waals surface area (Å²) < 4.78 is 101. The number of rotatable bonds is 28. The Balaban J connectivity index is 0.000000133. The van der Waals surface area contributed by atoms with Crippen molar-refractivity contribution in [2.24, 2.45) is 0 Å². The third-order valence-electron chi connectivity index (χ3n) is 21.3. The molecule has 0 atom stereocenters. The van der Waals surface area contributed by atoms with E-state index in [2.05, 4.69) is 27.7 Å². The van der Waals surface area contributed by atoms with Crippen molar-refractivity contribution in [2.45, 2.75) is 114 Å². The molecule has 0 saturated carbocycles. The van der Waals surface area contributed by atoms with Gasteiger partial charge in [-0.1, -0.05) is 219 Å². The van der Waals surface area contributed by atoms with Crippen LogP contribution in [0.25, 0.3) is 11.0 Å². The lowest BCUT2D eigenvalue weighted by Gasteiger charge is -2.26. The normalized spacial score (nSPS) is 11.6. The van der Waals surface area contributed by atoms with Crippen molar-refractivity contribution in [1.29, 1.82) is 0 Å². The van der Waals surface area contributed by atoms with Crippen molar-refractivity contribution >= 4 is 11.0 Å². The molecule has 132 heavy (non-hydrogen) atoms. The van der Waals surface area contributed by atoms with Crippen LogP contribution in [-0.2, 0) is 11.3 Å². The molecule has 18 rings (SSSR count). The van der Waals surface area contributed by atoms with Crippen LogP contribution >= 0.6 is 0 Å². The fourth-order valence-corrected chi connectivity index (χ4v) is 13.8. The Kier molecular flexibility index (Phi) is 32.5. The van der Waals surface area contributed by atoms with Crippen LogP contribution in [0, 0.1) is 76.2 Å². The molecule has 3 heterocycles. The van der Waals surface area contributed by atoms with Gasteiger partial charge in [0.25, 0.3) is 31.5 Å². The summed E-state index contributed by atoms with van der Waals surface area (Å²) in [7, 11) is 3.35. The maximum absolute atomic E-state index is 6.20. The predicted molar refractivity (Wildman–Crippen MR) is 518 cm³/mol. The smallest absolute Gasteiger partial charge is 0.271 e. The molecular formula is C115H112O17. The van der Waals surface area contributed by atoms with Gasteiger partial charge in [-0.15, -0.1) is 0 Å². The van der Waals surface area contributed by atoms with Crippen LogP contribution in [0.4, 0.5) is 0 Å². The number of aryl methyl sites for hydroxylation is 11. The Morgan fingerprint density at radius 2 is 0.545 bits per heavy atom. The van der Waals surface area contributed by atoms with Crippen LogP contribution in [0.5, 0.6) is 86.2 Å². The standard InChI is InChI=1S/2C23H22O4.C23H20O3.2C23H24O3/c1-16-3-8-19(9-4-16)26-23(27-20-10-5-17(2)6-11-20)18-7-12-21-22(15-18)25-14-13-24-21;1-16-6-10-18(11-7-16)26-23(27-19-12-8-17(2)9-13-19)20-4-3-5-21-22(20)25-15-14-24-21;1-16-3-8-20(9-4-16)25-23(26-21-10-5-17(2)6-11-21)19-7-12-22-18(15-19)13-14-24-22;1-17-4-12-21(13-5-17)25-23(26-22-14-6-18(2)7-15-22)20-10-8-19(9-11-20)16-24-3;1-16-5-10-19(11-6-16)25-23(26-20-12-7-17(2)8-13-20)21-15-18(3)9-14-22(21)24-4/h3-12,15,23H,13-14H2,1-2H3;3-13,23H,14-15H2,1-2H3;3-15,23H,1-2H3;4-15,23H,16H2,1-3H3;5-15,23H,1-4H3. The molecule has 0 fully saturated rings. The molecule has 0 spiro atoms. The first-order chi connectivity index (χ1) is 64.2. The van der Waals surface area contributed by atoms with E-state index in [1.807, 2.05) is 394 Å². The Labute approximate surface area is 774 Å². The molecule has 0 radical (unpaired) electrons. The zero-order chi connectivity index (χ0) is 92.1. The predicted octanol–water partition coefficient (Wildman–Crippen LogP) is 28.1. The van der Waals surface area contributed by atoms with Gasteiger partial charge in [0.15, 0.2) is 23.0 Å². The molecule has 0 aliphatic carbocycles. The third-order valence-corrected chi connectivity index (χ3v) is 21.3. The number of fused-ring (bicyclic) bond motifs is 3. The highest BCUT2D eigenvalue weighted by Gasteiger charge is 2.28. The SMILES string of the molecule is COCc1ccc(C(Oc2ccc(C)cc2)Oc2ccc(C)cc2)cc1.COc1ccc(C)cc1C(Oc1ccc(C)cc1)Oc1ccc(C)cc1.Cc1ccc(OC(Oc2ccc(C)cc2)c2ccc3c(c2)OCCO3)cc1.Cc1ccc(OC(Oc2ccc(C)cc2)c2ccc3occc3c2)cc1.Cc1ccc(OC(Oc2ccc(C)cc2)c2cccc3c2OCCO3)cc1. The van der Waals surface area contributed by atoms with Gasteiger partial charge in [0.05, 0.1) is 31.1 Å². The molecule has 17 heteroatoms. The highest BCUT2D eigenvalue weighted by atomic mass is 16.7. The van der Waals surface area contributed by atoms with Crippen LogP contribution < -0.4 is 71.1 Å². The average Bonchev–Trinajstić information content (AvgIpc) is 0.918. The summed E-state index contributed by atoms with van der Waals surface area (Å²) in [5.41, 5.74) is 19.3. The summed E-state index contributed by atoms with van der Waals surface area (Å²) in [4.78, 5) is 0. The van der Waals surface area contributed by atoms with E-state index >= 15 is 0 Å². The van der Waals surface area contributed by atoms with Crippen molar-refractivity contribution in [2.75, 3.05) is 40.6 Å². The van der Waals surface area contributed by atoms with Crippen LogP contribution in [0.15, 0.2) is 356 Å². The van der Waals surface area contributed by atoms with Gasteiger partial charge in [-0.05, 0) is 270 Å². The van der Waals surface area contributed by atoms with E-state index in [0.717, 1.165) is 119 Å². The number of furan rings is 1.